The maximum absolute atomic E-state index is 4.70. The number of aryl methyl sites for hydroxylation is 8. The summed E-state index contributed by atoms with van der Waals surface area (Å²) in [5.74, 6) is 0. The van der Waals surface area contributed by atoms with Crippen LogP contribution in [0, 0.1) is 55.4 Å². The first-order valence-electron chi connectivity index (χ1n) is 26.3. The molecule has 0 amide bonds. The van der Waals surface area contributed by atoms with Crippen LogP contribution in [0.2, 0.25) is 0 Å². The fraction of sp³-hybridized carbons (Fsp3) is 0.164. The number of benzene rings is 9. The highest BCUT2D eigenvalue weighted by Gasteiger charge is 2.38. The van der Waals surface area contributed by atoms with Crippen molar-refractivity contribution >= 4 is 40.0 Å². The van der Waals surface area contributed by atoms with E-state index < -0.39 is 0 Å². The van der Waals surface area contributed by atoms with Gasteiger partial charge < -0.3 is 4.90 Å². The van der Waals surface area contributed by atoms with Crippen molar-refractivity contribution in [1.82, 2.24) is 4.98 Å². The Morgan fingerprint density at radius 3 is 1.72 bits per heavy atom. The van der Waals surface area contributed by atoms with Gasteiger partial charge in [-0.2, -0.15) is 0 Å². The van der Waals surface area contributed by atoms with Crippen LogP contribution in [0.25, 0.3) is 67.6 Å². The third-order valence-electron chi connectivity index (χ3n) is 14.9. The summed E-state index contributed by atoms with van der Waals surface area (Å²) in [4.78, 5) is 7.16. The van der Waals surface area contributed by atoms with Gasteiger partial charge in [-0.25, -0.2) is 0 Å². The van der Waals surface area contributed by atoms with Gasteiger partial charge >= 0.3 is 0 Å². The molecule has 0 atom stereocenters. The normalized spacial score (nSPS) is 12.0. The molecule has 0 bridgehead atoms. The topological polar surface area (TPSA) is 16.1 Å². The van der Waals surface area contributed by atoms with Crippen LogP contribution in [-0.2, 0) is 5.41 Å². The van der Waals surface area contributed by atoms with Gasteiger partial charge in [0.2, 0.25) is 0 Å². The van der Waals surface area contributed by atoms with Crippen LogP contribution in [0.3, 0.4) is 0 Å². The molecular formula is C73H70N2. The van der Waals surface area contributed by atoms with Crippen molar-refractivity contribution < 1.29 is 0 Å². The molecule has 10 aromatic rings. The zero-order chi connectivity index (χ0) is 53.0. The molecule has 0 fully saturated rings. The molecule has 1 aliphatic rings. The van der Waals surface area contributed by atoms with E-state index in [1.807, 2.05) is 25.3 Å². The van der Waals surface area contributed by atoms with Crippen LogP contribution < -0.4 is 4.90 Å². The Hall–Kier alpha value is -8.33. The molecular weight excluding hydrogens is 905 g/mol. The minimum Gasteiger partial charge on any atom is -0.310 e. The van der Waals surface area contributed by atoms with Crippen LogP contribution in [0.4, 0.5) is 17.1 Å². The molecule has 11 rings (SSSR count). The van der Waals surface area contributed by atoms with Gasteiger partial charge in [0.15, 0.2) is 0 Å². The van der Waals surface area contributed by atoms with Crippen molar-refractivity contribution in [3.63, 3.8) is 0 Å². The summed E-state index contributed by atoms with van der Waals surface area (Å²) >= 11 is 0. The summed E-state index contributed by atoms with van der Waals surface area (Å²) in [5.41, 5.74) is 28.8. The lowest BCUT2D eigenvalue weighted by atomic mass is 9.81. The number of aromatic nitrogens is 1. The van der Waals surface area contributed by atoms with Crippen LogP contribution >= 0.6 is 0 Å². The quantitative estimate of drug-likeness (QED) is 0.151. The van der Waals surface area contributed by atoms with Crippen molar-refractivity contribution in [3.05, 3.63) is 274 Å². The first kappa shape index (κ1) is 51.6. The van der Waals surface area contributed by atoms with Crippen molar-refractivity contribution in [2.45, 2.75) is 81.6 Å². The second kappa shape index (κ2) is 22.0. The number of anilines is 3. The first-order chi connectivity index (χ1) is 36.2. The van der Waals surface area contributed by atoms with Gasteiger partial charge in [0.25, 0.3) is 0 Å². The molecule has 2 heteroatoms. The third-order valence-corrected chi connectivity index (χ3v) is 14.9. The van der Waals surface area contributed by atoms with Gasteiger partial charge in [0, 0.05) is 33.9 Å². The lowest BCUT2D eigenvalue weighted by Crippen LogP contribution is -2.17. The fourth-order valence-corrected chi connectivity index (χ4v) is 11.2. The highest BCUT2D eigenvalue weighted by molar-refractivity contribution is 6.10. The van der Waals surface area contributed by atoms with E-state index in [1.54, 1.807) is 0 Å². The minimum atomic E-state index is -0.142. The van der Waals surface area contributed by atoms with Gasteiger partial charge in [0.05, 0.1) is 11.4 Å². The summed E-state index contributed by atoms with van der Waals surface area (Å²) in [6.45, 7) is 28.1. The van der Waals surface area contributed by atoms with Crippen LogP contribution in [0.15, 0.2) is 207 Å². The predicted molar refractivity (Wildman–Crippen MR) is 326 cm³/mol. The number of rotatable bonds is 8. The lowest BCUT2D eigenvalue weighted by Gasteiger charge is -2.30. The van der Waals surface area contributed by atoms with E-state index in [0.717, 1.165) is 22.6 Å². The van der Waals surface area contributed by atoms with Gasteiger partial charge in [0.1, 0.15) is 0 Å². The summed E-state index contributed by atoms with van der Waals surface area (Å²) < 4.78 is 0. The third kappa shape index (κ3) is 10.6. The number of fused-ring (bicyclic) bond motifs is 5. The lowest BCUT2D eigenvalue weighted by molar-refractivity contribution is 0.660. The SMILES string of the molecule is C=Cc1c(/C=C\C)ccc(C)c1-c1ccccc1C.Cc1cc(C)cc(C)c1.Cc1ccc2c(c1)C(C)(C)c1cc(N(c3cccc(-c4ccccn4)c3)c3ccc(C)c(-c4ccccc4C)c3)c3ccccc3c1-2. The van der Waals surface area contributed by atoms with E-state index in [1.165, 1.54) is 117 Å². The molecule has 9 aromatic carbocycles. The van der Waals surface area contributed by atoms with Crippen LogP contribution in [0.1, 0.15) is 87.5 Å². The molecule has 0 spiro atoms. The molecule has 2 nitrogen and oxygen atoms in total. The zero-order valence-electron chi connectivity index (χ0n) is 45.8. The Balaban J connectivity index is 0.000000201. The Kier molecular flexibility index (Phi) is 15.1. The number of hydrogen-bond donors (Lipinski definition) is 0. The molecule has 0 radical (unpaired) electrons. The minimum absolute atomic E-state index is 0.142. The van der Waals surface area contributed by atoms with Gasteiger partial charge in [-0.05, 0) is 188 Å². The monoisotopic (exact) mass is 975 g/mol. The molecule has 0 saturated carbocycles. The maximum Gasteiger partial charge on any atom is 0.0702 e. The van der Waals surface area contributed by atoms with Crippen molar-refractivity contribution in [1.29, 1.82) is 0 Å². The molecule has 372 valence electrons. The fourth-order valence-electron chi connectivity index (χ4n) is 11.2. The van der Waals surface area contributed by atoms with Crippen LogP contribution in [0.5, 0.6) is 0 Å². The summed E-state index contributed by atoms with van der Waals surface area (Å²) in [6, 6.07) is 68.3. The Morgan fingerprint density at radius 1 is 0.453 bits per heavy atom. The van der Waals surface area contributed by atoms with Crippen molar-refractivity contribution in [2.75, 3.05) is 4.90 Å². The largest absolute Gasteiger partial charge is 0.310 e. The van der Waals surface area contributed by atoms with E-state index in [0.29, 0.717) is 0 Å². The average Bonchev–Trinajstić information content (AvgIpc) is 3.63. The zero-order valence-corrected chi connectivity index (χ0v) is 45.8. The molecule has 0 unspecified atom stereocenters. The standard InChI is InChI=1S/C45H38N2.C19H20.C9H12/c1-29-20-23-38-40(25-29)45(4,5)41-28-43(36-17-8-9-18-37(36)44(38)41)47(33-15-12-14-32(26-33)42-19-10-11-24-46-42)34-22-21-31(3)39(27-34)35-16-7-6-13-30(35)2;1-5-9-16-13-12-15(4)19(17(16)6-2)18-11-8-7-10-14(18)3;1-7-4-8(2)6-9(3)5-7/h6-28H,1-5H3;5-13H,2H2,1,3-4H3;4-6H,1-3H3/b;9-5-;. The van der Waals surface area contributed by atoms with Gasteiger partial charge in [-0.3, -0.25) is 4.98 Å². The first-order valence-corrected chi connectivity index (χ1v) is 26.3. The molecule has 0 aliphatic heterocycles. The van der Waals surface area contributed by atoms with Crippen molar-refractivity contribution in [3.8, 4) is 44.6 Å². The smallest absolute Gasteiger partial charge is 0.0702 e. The highest BCUT2D eigenvalue weighted by Crippen LogP contribution is 2.55. The molecule has 1 aliphatic carbocycles. The second-order valence-electron chi connectivity index (χ2n) is 20.9. The molecule has 75 heavy (non-hydrogen) atoms. The van der Waals surface area contributed by atoms with Gasteiger partial charge in [-0.15, -0.1) is 0 Å². The van der Waals surface area contributed by atoms with E-state index in [4.69, 9.17) is 4.98 Å². The number of hydrogen-bond acceptors (Lipinski definition) is 2. The van der Waals surface area contributed by atoms with Crippen molar-refractivity contribution in [2.24, 2.45) is 0 Å². The Labute approximate surface area is 447 Å². The Bertz CT molecular complexity index is 3700. The van der Waals surface area contributed by atoms with E-state index in [2.05, 4.69) is 275 Å². The van der Waals surface area contributed by atoms with Crippen LogP contribution in [-0.4, -0.2) is 4.98 Å². The summed E-state index contributed by atoms with van der Waals surface area (Å²) in [6.07, 6.45) is 8.03. The highest BCUT2D eigenvalue weighted by atomic mass is 15.1. The molecule has 1 heterocycles. The molecule has 0 N–H and O–H groups in total. The molecule has 0 saturated heterocycles. The second-order valence-corrected chi connectivity index (χ2v) is 20.9. The predicted octanol–water partition coefficient (Wildman–Crippen LogP) is 20.5. The number of nitrogens with zero attached hydrogens (tertiary/aromatic N) is 2. The maximum atomic E-state index is 4.70. The van der Waals surface area contributed by atoms with E-state index in [-0.39, 0.29) is 5.41 Å². The van der Waals surface area contributed by atoms with Gasteiger partial charge in [-0.1, -0.05) is 207 Å². The molecule has 1 aromatic heterocycles. The number of pyridine rings is 1. The average molecular weight is 975 g/mol. The van der Waals surface area contributed by atoms with E-state index >= 15 is 0 Å². The Morgan fingerprint density at radius 2 is 1.07 bits per heavy atom. The van der Waals surface area contributed by atoms with E-state index in [9.17, 15) is 0 Å². The summed E-state index contributed by atoms with van der Waals surface area (Å²) in [7, 11) is 0. The summed E-state index contributed by atoms with van der Waals surface area (Å²) in [5, 5.41) is 2.52. The number of allylic oxidation sites excluding steroid dienone is 1.